The quantitative estimate of drug-likeness (QED) is 0.847. The summed E-state index contributed by atoms with van der Waals surface area (Å²) in [6.07, 6.45) is 1.68. The van der Waals surface area contributed by atoms with Crippen LogP contribution < -0.4 is 10.0 Å². The number of carbonyl (C=O) groups is 1. The lowest BCUT2D eigenvalue weighted by atomic mass is 10.2. The molecular formula is C15H16N2O4S. The van der Waals surface area contributed by atoms with Crippen molar-refractivity contribution >= 4 is 15.9 Å². The van der Waals surface area contributed by atoms with E-state index in [1.807, 2.05) is 30.3 Å². The molecule has 0 unspecified atom stereocenters. The number of nitrogens with one attached hydrogen (secondary N) is 2. The van der Waals surface area contributed by atoms with Gasteiger partial charge in [0.25, 0.3) is 15.9 Å². The van der Waals surface area contributed by atoms with Crippen LogP contribution in [0.15, 0.2) is 52.0 Å². The van der Waals surface area contributed by atoms with E-state index in [0.717, 1.165) is 18.4 Å². The van der Waals surface area contributed by atoms with Gasteiger partial charge in [0.05, 0.1) is 0 Å². The van der Waals surface area contributed by atoms with E-state index in [2.05, 4.69) is 10.0 Å². The van der Waals surface area contributed by atoms with E-state index in [9.17, 15) is 13.2 Å². The Morgan fingerprint density at radius 3 is 2.55 bits per heavy atom. The van der Waals surface area contributed by atoms with Crippen LogP contribution in [-0.4, -0.2) is 20.4 Å². The molecule has 1 aliphatic rings. The van der Waals surface area contributed by atoms with Crippen molar-refractivity contribution in [3.8, 4) is 0 Å². The minimum absolute atomic E-state index is 0.00884. The Bertz CT molecular complexity index is 764. The van der Waals surface area contributed by atoms with Gasteiger partial charge in [-0.2, -0.15) is 0 Å². The summed E-state index contributed by atoms with van der Waals surface area (Å²) >= 11 is 0. The van der Waals surface area contributed by atoms with Crippen molar-refractivity contribution < 1.29 is 17.6 Å². The molecular weight excluding hydrogens is 304 g/mol. The Hall–Kier alpha value is -2.12. The second-order valence-electron chi connectivity index (χ2n) is 5.18. The first-order chi connectivity index (χ1) is 10.5. The summed E-state index contributed by atoms with van der Waals surface area (Å²) in [6, 6.07) is 12.1. The summed E-state index contributed by atoms with van der Waals surface area (Å²) in [5.41, 5.74) is 0.950. The molecule has 2 N–H and O–H groups in total. The molecule has 116 valence electrons. The number of hydrogen-bond donors (Lipinski definition) is 2. The van der Waals surface area contributed by atoms with Crippen molar-refractivity contribution in [3.63, 3.8) is 0 Å². The molecule has 1 aliphatic carbocycles. The Morgan fingerprint density at radius 2 is 1.86 bits per heavy atom. The molecule has 3 rings (SSSR count). The predicted octanol–water partition coefficient (Wildman–Crippen LogP) is 1.65. The standard InChI is InChI=1S/C15H16N2O4S/c18-15(16-10-11-4-2-1-3-5-11)13-8-9-14(21-13)22(19,20)17-12-6-7-12/h1-5,8-9,12,17H,6-7,10H2,(H,16,18). The SMILES string of the molecule is O=C(NCc1ccccc1)c1ccc(S(=O)(=O)NC2CC2)o1. The minimum Gasteiger partial charge on any atom is -0.438 e. The molecule has 2 aromatic rings. The van der Waals surface area contributed by atoms with Gasteiger partial charge in [0.1, 0.15) is 0 Å². The van der Waals surface area contributed by atoms with Crippen LogP contribution in [-0.2, 0) is 16.6 Å². The van der Waals surface area contributed by atoms with Crippen LogP contribution in [0.5, 0.6) is 0 Å². The van der Waals surface area contributed by atoms with Gasteiger partial charge in [-0.1, -0.05) is 30.3 Å². The number of hydrogen-bond acceptors (Lipinski definition) is 4. The van der Waals surface area contributed by atoms with Crippen LogP contribution in [0.2, 0.25) is 0 Å². The monoisotopic (exact) mass is 320 g/mol. The van der Waals surface area contributed by atoms with Crippen LogP contribution >= 0.6 is 0 Å². The maximum absolute atomic E-state index is 12.0. The van der Waals surface area contributed by atoms with E-state index in [0.29, 0.717) is 6.54 Å². The molecule has 0 saturated heterocycles. The topological polar surface area (TPSA) is 88.4 Å². The number of furan rings is 1. The molecule has 0 spiro atoms. The van der Waals surface area contributed by atoms with Gasteiger partial charge >= 0.3 is 0 Å². The van der Waals surface area contributed by atoms with Crippen molar-refractivity contribution in [3.05, 3.63) is 53.8 Å². The number of amides is 1. The lowest BCUT2D eigenvalue weighted by molar-refractivity contribution is 0.0918. The highest BCUT2D eigenvalue weighted by Crippen LogP contribution is 2.23. The van der Waals surface area contributed by atoms with Gasteiger partial charge in [0.2, 0.25) is 5.09 Å². The first kappa shape index (κ1) is 14.8. The second-order valence-corrected chi connectivity index (χ2v) is 6.83. The molecule has 1 aromatic carbocycles. The van der Waals surface area contributed by atoms with Crippen LogP contribution in [0.1, 0.15) is 29.0 Å². The first-order valence-electron chi connectivity index (χ1n) is 6.99. The third kappa shape index (κ3) is 3.55. The van der Waals surface area contributed by atoms with Gasteiger partial charge in [-0.15, -0.1) is 0 Å². The Balaban J connectivity index is 1.64. The molecule has 1 amide bonds. The highest BCUT2D eigenvalue weighted by Gasteiger charge is 2.30. The fourth-order valence-electron chi connectivity index (χ4n) is 1.93. The molecule has 7 heteroatoms. The molecule has 0 radical (unpaired) electrons. The fraction of sp³-hybridized carbons (Fsp3) is 0.267. The summed E-state index contributed by atoms with van der Waals surface area (Å²) in [6.45, 7) is 0.350. The zero-order valence-corrected chi connectivity index (χ0v) is 12.6. The maximum atomic E-state index is 12.0. The Kier molecular flexibility index (Phi) is 4.00. The van der Waals surface area contributed by atoms with Crippen molar-refractivity contribution in [1.29, 1.82) is 0 Å². The van der Waals surface area contributed by atoms with Crippen LogP contribution in [0.25, 0.3) is 0 Å². The van der Waals surface area contributed by atoms with Crippen molar-refractivity contribution in [2.24, 2.45) is 0 Å². The van der Waals surface area contributed by atoms with Gasteiger partial charge in [0, 0.05) is 12.6 Å². The molecule has 0 aliphatic heterocycles. The van der Waals surface area contributed by atoms with Crippen molar-refractivity contribution in [1.82, 2.24) is 10.0 Å². The van der Waals surface area contributed by atoms with E-state index in [-0.39, 0.29) is 16.9 Å². The highest BCUT2D eigenvalue weighted by molar-refractivity contribution is 7.89. The number of carbonyl (C=O) groups excluding carboxylic acids is 1. The summed E-state index contributed by atoms with van der Waals surface area (Å²) in [4.78, 5) is 12.0. The number of rotatable bonds is 6. The smallest absolute Gasteiger partial charge is 0.287 e. The molecule has 6 nitrogen and oxygen atoms in total. The summed E-state index contributed by atoms with van der Waals surface area (Å²) in [7, 11) is -3.67. The van der Waals surface area contributed by atoms with E-state index in [1.165, 1.54) is 12.1 Å². The van der Waals surface area contributed by atoms with E-state index in [1.54, 1.807) is 0 Å². The fourth-order valence-corrected chi connectivity index (χ4v) is 3.17. The molecule has 22 heavy (non-hydrogen) atoms. The van der Waals surface area contributed by atoms with Crippen LogP contribution in [0.3, 0.4) is 0 Å². The van der Waals surface area contributed by atoms with Crippen LogP contribution in [0.4, 0.5) is 0 Å². The van der Waals surface area contributed by atoms with Gasteiger partial charge in [0.15, 0.2) is 5.76 Å². The lowest BCUT2D eigenvalue weighted by Crippen LogP contribution is -2.25. The first-order valence-corrected chi connectivity index (χ1v) is 8.47. The lowest BCUT2D eigenvalue weighted by Gasteiger charge is -2.03. The van der Waals surface area contributed by atoms with E-state index >= 15 is 0 Å². The van der Waals surface area contributed by atoms with E-state index < -0.39 is 15.9 Å². The Morgan fingerprint density at radius 1 is 1.14 bits per heavy atom. The summed E-state index contributed by atoms with van der Waals surface area (Å²) in [5.74, 6) is -0.469. The molecule has 1 saturated carbocycles. The normalized spacial score (nSPS) is 14.7. The maximum Gasteiger partial charge on any atom is 0.287 e. The largest absolute Gasteiger partial charge is 0.438 e. The van der Waals surface area contributed by atoms with E-state index in [4.69, 9.17) is 4.42 Å². The zero-order chi connectivity index (χ0) is 15.6. The molecule has 1 heterocycles. The predicted molar refractivity (Wildman–Crippen MR) is 79.7 cm³/mol. The van der Waals surface area contributed by atoms with Gasteiger partial charge in [-0.25, -0.2) is 13.1 Å². The average molecular weight is 320 g/mol. The third-order valence-corrected chi connectivity index (χ3v) is 4.66. The highest BCUT2D eigenvalue weighted by atomic mass is 32.2. The number of sulfonamides is 1. The van der Waals surface area contributed by atoms with Crippen LogP contribution in [0, 0.1) is 0 Å². The van der Waals surface area contributed by atoms with Gasteiger partial charge < -0.3 is 9.73 Å². The molecule has 0 bridgehead atoms. The summed E-state index contributed by atoms with van der Waals surface area (Å²) < 4.78 is 31.6. The minimum atomic E-state index is -3.67. The van der Waals surface area contributed by atoms with Crippen molar-refractivity contribution in [2.45, 2.75) is 30.5 Å². The zero-order valence-electron chi connectivity index (χ0n) is 11.8. The molecule has 1 aromatic heterocycles. The van der Waals surface area contributed by atoms with Gasteiger partial charge in [-0.05, 0) is 30.5 Å². The summed E-state index contributed by atoms with van der Waals surface area (Å²) in [5, 5.41) is 2.45. The average Bonchev–Trinajstić information content (AvgIpc) is 3.16. The van der Waals surface area contributed by atoms with Crippen molar-refractivity contribution in [2.75, 3.05) is 0 Å². The third-order valence-electron chi connectivity index (χ3n) is 3.27. The Labute approximate surface area is 128 Å². The molecule has 0 atom stereocenters. The molecule has 1 fully saturated rings. The second kappa shape index (κ2) is 5.94. The van der Waals surface area contributed by atoms with Gasteiger partial charge in [-0.3, -0.25) is 4.79 Å². The number of benzene rings is 1.